The van der Waals surface area contributed by atoms with E-state index in [9.17, 15) is 24.2 Å². The predicted octanol–water partition coefficient (Wildman–Crippen LogP) is 10.3. The lowest BCUT2D eigenvalue weighted by Gasteiger charge is -2.20. The number of aliphatic hydroxyl groups excluding tert-OH is 2. The molecule has 50 heavy (non-hydrogen) atoms. The summed E-state index contributed by atoms with van der Waals surface area (Å²) in [6, 6.07) is 0. The zero-order valence-electron chi connectivity index (χ0n) is 32.1. The standard InChI is InChI=1S/C39H77O10P/c1-3-5-7-8-9-10-11-12-13-14-15-16-17-18-19-20-21-22-23-24-25-26-27-29-31-39(43)49-37(34-46-38(42)30-28-6-4-2)35-48-50(44,45)47-33-36(41)32-40/h36-37,40-41H,3-35H2,1-2H3,(H,44,45). The number of unbranched alkanes of at least 4 members (excludes halogenated alkanes) is 25. The summed E-state index contributed by atoms with van der Waals surface area (Å²) >= 11 is 0. The first kappa shape index (κ1) is 49.0. The van der Waals surface area contributed by atoms with Gasteiger partial charge in [0, 0.05) is 12.8 Å². The van der Waals surface area contributed by atoms with Crippen LogP contribution in [0.25, 0.3) is 0 Å². The fourth-order valence-corrected chi connectivity index (χ4v) is 6.61. The molecule has 0 aromatic heterocycles. The zero-order valence-corrected chi connectivity index (χ0v) is 33.0. The Morgan fingerprint density at radius 1 is 0.520 bits per heavy atom. The van der Waals surface area contributed by atoms with Gasteiger partial charge >= 0.3 is 19.8 Å². The average Bonchev–Trinajstić information content (AvgIpc) is 3.10. The van der Waals surface area contributed by atoms with Gasteiger partial charge in [-0.1, -0.05) is 174 Å². The highest BCUT2D eigenvalue weighted by Crippen LogP contribution is 2.43. The largest absolute Gasteiger partial charge is 0.472 e. The molecule has 0 spiro atoms. The van der Waals surface area contributed by atoms with Crippen LogP contribution in [-0.4, -0.2) is 65.7 Å². The van der Waals surface area contributed by atoms with Crippen molar-refractivity contribution in [2.75, 3.05) is 26.4 Å². The van der Waals surface area contributed by atoms with Crippen LogP contribution in [0.5, 0.6) is 0 Å². The van der Waals surface area contributed by atoms with Gasteiger partial charge in [-0.15, -0.1) is 0 Å². The van der Waals surface area contributed by atoms with E-state index in [-0.39, 0.29) is 19.4 Å². The van der Waals surface area contributed by atoms with E-state index in [0.717, 1.165) is 32.1 Å². The number of esters is 2. The monoisotopic (exact) mass is 737 g/mol. The van der Waals surface area contributed by atoms with Crippen molar-refractivity contribution in [2.45, 2.75) is 212 Å². The third-order valence-electron chi connectivity index (χ3n) is 9.01. The van der Waals surface area contributed by atoms with E-state index in [0.29, 0.717) is 12.8 Å². The number of aliphatic hydroxyl groups is 2. The summed E-state index contributed by atoms with van der Waals surface area (Å²) in [6.45, 7) is 2.21. The van der Waals surface area contributed by atoms with Crippen LogP contribution in [0.1, 0.15) is 200 Å². The molecule has 0 aromatic carbocycles. The van der Waals surface area contributed by atoms with E-state index in [4.69, 9.17) is 19.1 Å². The lowest BCUT2D eigenvalue weighted by molar-refractivity contribution is -0.161. The summed E-state index contributed by atoms with van der Waals surface area (Å²) in [4.78, 5) is 34.3. The van der Waals surface area contributed by atoms with Crippen molar-refractivity contribution in [3.05, 3.63) is 0 Å². The molecule has 0 fully saturated rings. The Kier molecular flexibility index (Phi) is 35.6. The van der Waals surface area contributed by atoms with E-state index in [1.807, 2.05) is 6.92 Å². The number of ether oxygens (including phenoxy) is 2. The summed E-state index contributed by atoms with van der Waals surface area (Å²) in [5, 5.41) is 18.2. The summed E-state index contributed by atoms with van der Waals surface area (Å²) in [6.07, 6.45) is 31.9. The molecule has 0 amide bonds. The Hall–Kier alpha value is -1.03. The smallest absolute Gasteiger partial charge is 0.462 e. The van der Waals surface area contributed by atoms with Gasteiger partial charge in [0.05, 0.1) is 19.8 Å². The number of phosphoric acid groups is 1. The van der Waals surface area contributed by atoms with Gasteiger partial charge in [0.15, 0.2) is 6.10 Å². The van der Waals surface area contributed by atoms with Gasteiger partial charge in [0.2, 0.25) is 0 Å². The maximum absolute atomic E-state index is 12.5. The Balaban J connectivity index is 3.88. The van der Waals surface area contributed by atoms with Crippen LogP contribution in [-0.2, 0) is 32.7 Å². The quantitative estimate of drug-likeness (QED) is 0.0316. The second-order valence-corrected chi connectivity index (χ2v) is 15.5. The van der Waals surface area contributed by atoms with Crippen LogP contribution in [0.15, 0.2) is 0 Å². The third kappa shape index (κ3) is 35.4. The first-order valence-corrected chi connectivity index (χ1v) is 22.0. The van der Waals surface area contributed by atoms with Crippen LogP contribution in [0.2, 0.25) is 0 Å². The molecule has 3 N–H and O–H groups in total. The molecular weight excluding hydrogens is 659 g/mol. The fraction of sp³-hybridized carbons (Fsp3) is 0.949. The number of carbonyl (C=O) groups excluding carboxylic acids is 2. The average molecular weight is 737 g/mol. The van der Waals surface area contributed by atoms with Crippen LogP contribution in [0.4, 0.5) is 0 Å². The van der Waals surface area contributed by atoms with Gasteiger partial charge in [-0.3, -0.25) is 18.6 Å². The molecule has 0 saturated carbocycles. The molecule has 3 atom stereocenters. The van der Waals surface area contributed by atoms with Gasteiger partial charge in [-0.05, 0) is 12.8 Å². The first-order chi connectivity index (χ1) is 24.2. The van der Waals surface area contributed by atoms with Crippen molar-refractivity contribution >= 4 is 19.8 Å². The van der Waals surface area contributed by atoms with Gasteiger partial charge in [-0.25, -0.2) is 4.57 Å². The van der Waals surface area contributed by atoms with E-state index >= 15 is 0 Å². The van der Waals surface area contributed by atoms with Crippen LogP contribution < -0.4 is 0 Å². The van der Waals surface area contributed by atoms with Crippen LogP contribution >= 0.6 is 7.82 Å². The molecule has 0 heterocycles. The van der Waals surface area contributed by atoms with Crippen molar-refractivity contribution in [3.8, 4) is 0 Å². The van der Waals surface area contributed by atoms with Crippen LogP contribution in [0, 0.1) is 0 Å². The second-order valence-electron chi connectivity index (χ2n) is 14.0. The molecule has 0 aliphatic heterocycles. The number of hydrogen-bond donors (Lipinski definition) is 3. The Labute approximate surface area is 305 Å². The minimum atomic E-state index is -4.59. The Morgan fingerprint density at radius 3 is 1.28 bits per heavy atom. The van der Waals surface area contributed by atoms with Crippen molar-refractivity contribution < 1.29 is 47.8 Å². The van der Waals surface area contributed by atoms with Gasteiger partial charge in [0.25, 0.3) is 0 Å². The Bertz CT molecular complexity index is 812. The van der Waals surface area contributed by atoms with Crippen molar-refractivity contribution in [3.63, 3.8) is 0 Å². The molecule has 10 nitrogen and oxygen atoms in total. The topological polar surface area (TPSA) is 149 Å². The van der Waals surface area contributed by atoms with Gasteiger partial charge in [0.1, 0.15) is 12.7 Å². The molecule has 0 saturated heterocycles. The normalized spacial score (nSPS) is 13.9. The minimum absolute atomic E-state index is 0.191. The SMILES string of the molecule is CCCCCCCCCCCCCCCCCCCCCCCCCCC(=O)OC(COC(=O)CCCCC)COP(=O)(O)OCC(O)CO. The van der Waals surface area contributed by atoms with Crippen molar-refractivity contribution in [1.29, 1.82) is 0 Å². The molecule has 11 heteroatoms. The number of rotatable bonds is 39. The molecule has 298 valence electrons. The van der Waals surface area contributed by atoms with Crippen molar-refractivity contribution in [1.82, 2.24) is 0 Å². The molecule has 0 aliphatic carbocycles. The summed E-state index contributed by atoms with van der Waals surface area (Å²) < 4.78 is 32.3. The number of phosphoric ester groups is 1. The van der Waals surface area contributed by atoms with Gasteiger partial charge in [-0.2, -0.15) is 0 Å². The van der Waals surface area contributed by atoms with E-state index in [1.54, 1.807) is 0 Å². The maximum Gasteiger partial charge on any atom is 0.472 e. The van der Waals surface area contributed by atoms with E-state index in [1.165, 1.54) is 128 Å². The highest BCUT2D eigenvalue weighted by molar-refractivity contribution is 7.47. The molecule has 0 bridgehead atoms. The third-order valence-corrected chi connectivity index (χ3v) is 9.96. The molecule has 0 aromatic rings. The highest BCUT2D eigenvalue weighted by Gasteiger charge is 2.27. The molecular formula is C39H77O10P. The minimum Gasteiger partial charge on any atom is -0.462 e. The number of carbonyl (C=O) groups is 2. The van der Waals surface area contributed by atoms with Crippen molar-refractivity contribution in [2.24, 2.45) is 0 Å². The number of hydrogen-bond acceptors (Lipinski definition) is 9. The molecule has 0 rings (SSSR count). The fourth-order valence-electron chi connectivity index (χ4n) is 5.82. The molecule has 3 unspecified atom stereocenters. The molecule has 0 radical (unpaired) electrons. The van der Waals surface area contributed by atoms with Crippen LogP contribution in [0.3, 0.4) is 0 Å². The predicted molar refractivity (Wildman–Crippen MR) is 201 cm³/mol. The lowest BCUT2D eigenvalue weighted by Crippen LogP contribution is -2.29. The Morgan fingerprint density at radius 2 is 0.860 bits per heavy atom. The van der Waals surface area contributed by atoms with Gasteiger partial charge < -0.3 is 24.6 Å². The highest BCUT2D eigenvalue weighted by atomic mass is 31.2. The van der Waals surface area contributed by atoms with E-state index < -0.39 is 51.8 Å². The molecule has 0 aliphatic rings. The first-order valence-electron chi connectivity index (χ1n) is 20.5. The van der Waals surface area contributed by atoms with E-state index in [2.05, 4.69) is 11.4 Å². The summed E-state index contributed by atoms with van der Waals surface area (Å²) in [7, 11) is -4.59. The summed E-state index contributed by atoms with van der Waals surface area (Å²) in [5.74, 6) is -0.942. The summed E-state index contributed by atoms with van der Waals surface area (Å²) in [5.41, 5.74) is 0. The zero-order chi connectivity index (χ0) is 37.0. The second kappa shape index (κ2) is 36.3. The lowest BCUT2D eigenvalue weighted by atomic mass is 10.0. The maximum atomic E-state index is 12.5.